The van der Waals surface area contributed by atoms with Gasteiger partial charge in [0.25, 0.3) is 5.91 Å². The first-order chi connectivity index (χ1) is 10.1. The van der Waals surface area contributed by atoms with Crippen molar-refractivity contribution < 1.29 is 9.21 Å². The number of aromatic nitrogens is 2. The molecule has 112 valence electrons. The Kier molecular flexibility index (Phi) is 3.55. The third-order valence-corrected chi connectivity index (χ3v) is 3.95. The van der Waals surface area contributed by atoms with Gasteiger partial charge in [0.1, 0.15) is 11.5 Å². The number of fused-ring (bicyclic) bond motifs is 1. The minimum atomic E-state index is -0.0505. The molecule has 3 rings (SSSR count). The first-order valence-electron chi connectivity index (χ1n) is 7.10. The van der Waals surface area contributed by atoms with Crippen molar-refractivity contribution in [2.75, 3.05) is 20.6 Å². The number of imidazole rings is 1. The molecular weight excluding hydrogens is 268 g/mol. The number of hydrogen-bond donors (Lipinski definition) is 0. The van der Waals surface area contributed by atoms with Gasteiger partial charge in [-0.1, -0.05) is 0 Å². The summed E-state index contributed by atoms with van der Waals surface area (Å²) in [5, 5.41) is 0. The molecule has 6 heteroatoms. The van der Waals surface area contributed by atoms with E-state index >= 15 is 0 Å². The Balaban J connectivity index is 1.81. The van der Waals surface area contributed by atoms with Crippen molar-refractivity contribution in [2.24, 2.45) is 0 Å². The van der Waals surface area contributed by atoms with Gasteiger partial charge in [0.15, 0.2) is 0 Å². The zero-order valence-corrected chi connectivity index (χ0v) is 12.6. The van der Waals surface area contributed by atoms with Crippen LogP contribution in [0.15, 0.2) is 29.2 Å². The van der Waals surface area contributed by atoms with Crippen molar-refractivity contribution in [2.45, 2.75) is 26.1 Å². The second-order valence-corrected chi connectivity index (χ2v) is 5.66. The lowest BCUT2D eigenvalue weighted by Gasteiger charge is -2.33. The van der Waals surface area contributed by atoms with Crippen molar-refractivity contribution in [3.05, 3.63) is 41.9 Å². The summed E-state index contributed by atoms with van der Waals surface area (Å²) >= 11 is 0. The monoisotopic (exact) mass is 288 g/mol. The fourth-order valence-corrected chi connectivity index (χ4v) is 2.70. The second kappa shape index (κ2) is 5.37. The van der Waals surface area contributed by atoms with Crippen LogP contribution in [0.5, 0.6) is 0 Å². The van der Waals surface area contributed by atoms with Crippen LogP contribution in [-0.4, -0.2) is 45.9 Å². The highest BCUT2D eigenvalue weighted by Gasteiger charge is 2.28. The molecule has 1 aliphatic heterocycles. The van der Waals surface area contributed by atoms with Gasteiger partial charge in [-0.3, -0.25) is 9.69 Å². The van der Waals surface area contributed by atoms with Crippen LogP contribution >= 0.6 is 0 Å². The van der Waals surface area contributed by atoms with Gasteiger partial charge >= 0.3 is 0 Å². The van der Waals surface area contributed by atoms with Crippen LogP contribution in [0, 0.1) is 0 Å². The van der Waals surface area contributed by atoms with Crippen molar-refractivity contribution in [1.82, 2.24) is 19.4 Å². The van der Waals surface area contributed by atoms with E-state index in [1.54, 1.807) is 31.5 Å². The molecule has 0 radical (unpaired) electrons. The Morgan fingerprint density at radius 3 is 2.95 bits per heavy atom. The SMILES string of the molecule is C[C@H]1c2nc(C(=O)N(C)C)cn2CCN1Cc1ccoc1. The molecule has 0 fully saturated rings. The zero-order valence-electron chi connectivity index (χ0n) is 12.6. The van der Waals surface area contributed by atoms with E-state index in [9.17, 15) is 4.79 Å². The molecule has 6 nitrogen and oxygen atoms in total. The van der Waals surface area contributed by atoms with Crippen LogP contribution in [0.25, 0.3) is 0 Å². The van der Waals surface area contributed by atoms with Gasteiger partial charge < -0.3 is 13.9 Å². The van der Waals surface area contributed by atoms with Crippen molar-refractivity contribution in [3.8, 4) is 0 Å². The Hall–Kier alpha value is -2.08. The largest absolute Gasteiger partial charge is 0.472 e. The third-order valence-electron chi connectivity index (χ3n) is 3.95. The van der Waals surface area contributed by atoms with Crippen LogP contribution in [0.2, 0.25) is 0 Å². The van der Waals surface area contributed by atoms with E-state index < -0.39 is 0 Å². The molecule has 0 aromatic carbocycles. The quantitative estimate of drug-likeness (QED) is 0.863. The summed E-state index contributed by atoms with van der Waals surface area (Å²) in [6, 6.07) is 2.16. The summed E-state index contributed by atoms with van der Waals surface area (Å²) in [5.41, 5.74) is 1.68. The van der Waals surface area contributed by atoms with E-state index in [2.05, 4.69) is 21.4 Å². The molecule has 0 spiro atoms. The predicted octanol–water partition coefficient (Wildman–Crippen LogP) is 1.75. The standard InChI is InChI=1S/C15H20N4O2/c1-11-14-16-13(15(20)17(2)3)9-19(14)6-5-18(11)8-12-4-7-21-10-12/h4,7,9-11H,5-6,8H2,1-3H3/t11-/m0/s1. The van der Waals surface area contributed by atoms with Gasteiger partial charge in [0.2, 0.25) is 0 Å². The molecule has 0 N–H and O–H groups in total. The summed E-state index contributed by atoms with van der Waals surface area (Å²) in [5.74, 6) is 0.903. The van der Waals surface area contributed by atoms with Crippen molar-refractivity contribution in [3.63, 3.8) is 0 Å². The van der Waals surface area contributed by atoms with E-state index in [0.717, 1.165) is 31.0 Å². The summed E-state index contributed by atoms with van der Waals surface area (Å²) in [4.78, 5) is 20.5. The highest BCUT2D eigenvalue weighted by molar-refractivity contribution is 5.91. The maximum Gasteiger partial charge on any atom is 0.273 e. The van der Waals surface area contributed by atoms with Crippen LogP contribution in [0.1, 0.15) is 34.8 Å². The van der Waals surface area contributed by atoms with E-state index in [1.807, 2.05) is 12.3 Å². The number of rotatable bonds is 3. The molecule has 2 aromatic heterocycles. The molecule has 21 heavy (non-hydrogen) atoms. The molecule has 0 saturated heterocycles. The van der Waals surface area contributed by atoms with Crippen LogP contribution < -0.4 is 0 Å². The third kappa shape index (κ3) is 2.58. The number of furan rings is 1. The molecule has 0 saturated carbocycles. The van der Waals surface area contributed by atoms with Gasteiger partial charge in [-0.05, 0) is 13.0 Å². The van der Waals surface area contributed by atoms with E-state index in [1.165, 1.54) is 0 Å². The highest BCUT2D eigenvalue weighted by Crippen LogP contribution is 2.26. The maximum absolute atomic E-state index is 12.0. The molecule has 0 bridgehead atoms. The summed E-state index contributed by atoms with van der Waals surface area (Å²) < 4.78 is 7.22. The smallest absolute Gasteiger partial charge is 0.273 e. The molecule has 1 amide bonds. The number of nitrogens with zero attached hydrogens (tertiary/aromatic N) is 4. The molecule has 0 unspecified atom stereocenters. The van der Waals surface area contributed by atoms with E-state index in [4.69, 9.17) is 4.42 Å². The summed E-state index contributed by atoms with van der Waals surface area (Å²) in [6.07, 6.45) is 5.33. The Labute approximate surface area is 124 Å². The lowest BCUT2D eigenvalue weighted by molar-refractivity contribution is 0.0822. The molecule has 1 aliphatic rings. The maximum atomic E-state index is 12.0. The molecule has 0 aliphatic carbocycles. The number of carbonyl (C=O) groups excluding carboxylic acids is 1. The predicted molar refractivity (Wildman–Crippen MR) is 77.8 cm³/mol. The van der Waals surface area contributed by atoms with Gasteiger partial charge in [-0.2, -0.15) is 0 Å². The normalized spacial score (nSPS) is 18.5. The van der Waals surface area contributed by atoms with Crippen molar-refractivity contribution >= 4 is 5.91 Å². The van der Waals surface area contributed by atoms with Gasteiger partial charge in [-0.15, -0.1) is 0 Å². The first kappa shape index (κ1) is 13.9. The lowest BCUT2D eigenvalue weighted by Crippen LogP contribution is -2.36. The van der Waals surface area contributed by atoms with E-state index in [0.29, 0.717) is 5.69 Å². The van der Waals surface area contributed by atoms with Gasteiger partial charge in [0.05, 0.1) is 18.6 Å². The van der Waals surface area contributed by atoms with Crippen LogP contribution in [0.3, 0.4) is 0 Å². The average molecular weight is 288 g/mol. The topological polar surface area (TPSA) is 54.5 Å². The number of amides is 1. The fourth-order valence-electron chi connectivity index (χ4n) is 2.70. The highest BCUT2D eigenvalue weighted by atomic mass is 16.3. The summed E-state index contributed by atoms with van der Waals surface area (Å²) in [7, 11) is 3.49. The minimum absolute atomic E-state index is 0.0505. The Bertz CT molecular complexity index is 630. The second-order valence-electron chi connectivity index (χ2n) is 5.66. The minimum Gasteiger partial charge on any atom is -0.472 e. The first-order valence-corrected chi connectivity index (χ1v) is 7.10. The van der Waals surface area contributed by atoms with Crippen molar-refractivity contribution in [1.29, 1.82) is 0 Å². The summed E-state index contributed by atoms with van der Waals surface area (Å²) in [6.45, 7) is 4.75. The Morgan fingerprint density at radius 2 is 2.29 bits per heavy atom. The number of carbonyl (C=O) groups is 1. The van der Waals surface area contributed by atoms with Gasteiger partial charge in [0, 0.05) is 45.5 Å². The van der Waals surface area contributed by atoms with Gasteiger partial charge in [-0.25, -0.2) is 4.98 Å². The van der Waals surface area contributed by atoms with Crippen LogP contribution in [-0.2, 0) is 13.1 Å². The Morgan fingerprint density at radius 1 is 1.48 bits per heavy atom. The molecule has 2 aromatic rings. The average Bonchev–Trinajstić information content (AvgIpc) is 3.10. The lowest BCUT2D eigenvalue weighted by atomic mass is 10.2. The van der Waals surface area contributed by atoms with Crippen LogP contribution in [0.4, 0.5) is 0 Å². The fraction of sp³-hybridized carbons (Fsp3) is 0.467. The molecular formula is C15H20N4O2. The number of hydrogen-bond acceptors (Lipinski definition) is 4. The molecule has 1 atom stereocenters. The zero-order chi connectivity index (χ0) is 15.0. The van der Waals surface area contributed by atoms with E-state index in [-0.39, 0.29) is 11.9 Å². The molecule has 3 heterocycles.